The summed E-state index contributed by atoms with van der Waals surface area (Å²) in [5, 5.41) is 14.0. The van der Waals surface area contributed by atoms with Crippen molar-refractivity contribution in [2.24, 2.45) is 0 Å². The standard InChI is InChI=1S/C17H17F2N5O2/c1-10(2)15-6-11(26-22-15)7-20-17(25)16-9-24(23-21-16)8-12-13(18)4-3-5-14(12)19/h3-6,9-10H,7-8H2,1-2H3,(H,20,25). The highest BCUT2D eigenvalue weighted by Gasteiger charge is 2.15. The predicted octanol–water partition coefficient (Wildman–Crippen LogP) is 2.65. The number of rotatable bonds is 6. The number of carbonyl (C=O) groups is 1. The lowest BCUT2D eigenvalue weighted by Crippen LogP contribution is -2.23. The Hall–Kier alpha value is -3.10. The summed E-state index contributed by atoms with van der Waals surface area (Å²) in [5.74, 6) is -1.10. The second-order valence-electron chi connectivity index (χ2n) is 6.06. The predicted molar refractivity (Wildman–Crippen MR) is 87.2 cm³/mol. The lowest BCUT2D eigenvalue weighted by atomic mass is 10.1. The van der Waals surface area contributed by atoms with E-state index >= 15 is 0 Å². The molecule has 0 fully saturated rings. The third-order valence-corrected chi connectivity index (χ3v) is 3.74. The number of amides is 1. The summed E-state index contributed by atoms with van der Waals surface area (Å²) in [6.07, 6.45) is 1.32. The van der Waals surface area contributed by atoms with Gasteiger partial charge in [-0.3, -0.25) is 4.79 Å². The van der Waals surface area contributed by atoms with Crippen LogP contribution in [0.1, 0.15) is 47.3 Å². The van der Waals surface area contributed by atoms with E-state index in [0.29, 0.717) is 5.76 Å². The fourth-order valence-electron chi connectivity index (χ4n) is 2.27. The number of hydrogen-bond acceptors (Lipinski definition) is 5. The highest BCUT2D eigenvalue weighted by molar-refractivity contribution is 5.91. The van der Waals surface area contributed by atoms with Gasteiger partial charge in [0.05, 0.1) is 25.0 Å². The molecule has 9 heteroatoms. The molecule has 2 heterocycles. The van der Waals surface area contributed by atoms with Crippen LogP contribution in [0.2, 0.25) is 0 Å². The van der Waals surface area contributed by atoms with E-state index in [1.54, 1.807) is 6.07 Å². The molecule has 0 aliphatic carbocycles. The molecule has 0 bridgehead atoms. The molecule has 3 rings (SSSR count). The van der Waals surface area contributed by atoms with E-state index in [9.17, 15) is 13.6 Å². The Labute approximate surface area is 148 Å². The molecular weight excluding hydrogens is 344 g/mol. The normalized spacial score (nSPS) is 11.1. The van der Waals surface area contributed by atoms with Gasteiger partial charge in [-0.15, -0.1) is 5.10 Å². The summed E-state index contributed by atoms with van der Waals surface area (Å²) in [5.41, 5.74) is 0.685. The van der Waals surface area contributed by atoms with Crippen LogP contribution in [-0.4, -0.2) is 26.1 Å². The van der Waals surface area contributed by atoms with Crippen molar-refractivity contribution < 1.29 is 18.1 Å². The van der Waals surface area contributed by atoms with E-state index in [-0.39, 0.29) is 30.3 Å². The second kappa shape index (κ2) is 7.42. The molecule has 1 amide bonds. The monoisotopic (exact) mass is 361 g/mol. The van der Waals surface area contributed by atoms with Crippen molar-refractivity contribution in [3.05, 3.63) is 64.8 Å². The molecule has 0 atom stereocenters. The van der Waals surface area contributed by atoms with Gasteiger partial charge in [-0.1, -0.05) is 30.3 Å². The molecule has 0 aliphatic heterocycles. The Kier molecular flexibility index (Phi) is 5.06. The van der Waals surface area contributed by atoms with Crippen LogP contribution in [-0.2, 0) is 13.1 Å². The van der Waals surface area contributed by atoms with Gasteiger partial charge < -0.3 is 9.84 Å². The van der Waals surface area contributed by atoms with Crippen molar-refractivity contribution in [2.45, 2.75) is 32.9 Å². The minimum absolute atomic E-state index is 0.0327. The van der Waals surface area contributed by atoms with Gasteiger partial charge in [-0.2, -0.15) is 0 Å². The third kappa shape index (κ3) is 3.93. The smallest absolute Gasteiger partial charge is 0.273 e. The maximum Gasteiger partial charge on any atom is 0.273 e. The molecular formula is C17H17F2N5O2. The molecule has 3 aromatic rings. The van der Waals surface area contributed by atoms with Crippen molar-refractivity contribution in [3.8, 4) is 0 Å². The van der Waals surface area contributed by atoms with Crippen LogP contribution in [0.5, 0.6) is 0 Å². The van der Waals surface area contributed by atoms with Gasteiger partial charge in [-0.05, 0) is 18.1 Å². The number of carbonyl (C=O) groups excluding carboxylic acids is 1. The van der Waals surface area contributed by atoms with E-state index in [1.807, 2.05) is 13.8 Å². The van der Waals surface area contributed by atoms with Crippen LogP contribution in [0.15, 0.2) is 35.0 Å². The summed E-state index contributed by atoms with van der Waals surface area (Å²) < 4.78 is 33.7. The molecule has 0 spiro atoms. The van der Waals surface area contributed by atoms with Gasteiger partial charge in [0.2, 0.25) is 0 Å². The zero-order valence-electron chi connectivity index (χ0n) is 14.2. The highest BCUT2D eigenvalue weighted by atomic mass is 19.1. The molecule has 0 aliphatic rings. The van der Waals surface area contributed by atoms with E-state index in [0.717, 1.165) is 17.8 Å². The molecule has 0 saturated carbocycles. The van der Waals surface area contributed by atoms with Crippen LogP contribution in [0.4, 0.5) is 8.78 Å². The van der Waals surface area contributed by atoms with Crippen LogP contribution in [0, 0.1) is 11.6 Å². The number of benzene rings is 1. The summed E-state index contributed by atoms with van der Waals surface area (Å²) in [7, 11) is 0. The fourth-order valence-corrected chi connectivity index (χ4v) is 2.27. The maximum atomic E-state index is 13.7. The first-order chi connectivity index (χ1) is 12.4. The molecule has 7 nitrogen and oxygen atoms in total. The first-order valence-corrected chi connectivity index (χ1v) is 8.00. The van der Waals surface area contributed by atoms with Crippen LogP contribution in [0.25, 0.3) is 0 Å². The molecule has 2 aromatic heterocycles. The fraction of sp³-hybridized carbons (Fsp3) is 0.294. The van der Waals surface area contributed by atoms with Gasteiger partial charge in [0, 0.05) is 11.6 Å². The molecule has 136 valence electrons. The SMILES string of the molecule is CC(C)c1cc(CNC(=O)c2cn(Cc3c(F)cccc3F)nn2)on1. The van der Waals surface area contributed by atoms with Gasteiger partial charge in [-0.25, -0.2) is 13.5 Å². The zero-order valence-corrected chi connectivity index (χ0v) is 14.2. The average Bonchev–Trinajstić information content (AvgIpc) is 3.26. The zero-order chi connectivity index (χ0) is 18.7. The van der Waals surface area contributed by atoms with Gasteiger partial charge in [0.15, 0.2) is 11.5 Å². The minimum atomic E-state index is -0.683. The summed E-state index contributed by atoms with van der Waals surface area (Å²) in [6.45, 7) is 3.94. The van der Waals surface area contributed by atoms with Crippen molar-refractivity contribution in [3.63, 3.8) is 0 Å². The number of nitrogens with zero attached hydrogens (tertiary/aromatic N) is 4. The minimum Gasteiger partial charge on any atom is -0.359 e. The van der Waals surface area contributed by atoms with Crippen molar-refractivity contribution in [2.75, 3.05) is 0 Å². The Morgan fingerprint density at radius 2 is 2.04 bits per heavy atom. The first kappa shape index (κ1) is 17.7. The number of nitrogens with one attached hydrogen (secondary N) is 1. The first-order valence-electron chi connectivity index (χ1n) is 8.00. The summed E-state index contributed by atoms with van der Waals surface area (Å²) >= 11 is 0. The largest absolute Gasteiger partial charge is 0.359 e. The Morgan fingerprint density at radius 1 is 1.31 bits per heavy atom. The van der Waals surface area contributed by atoms with Gasteiger partial charge in [0.1, 0.15) is 11.6 Å². The van der Waals surface area contributed by atoms with Crippen molar-refractivity contribution >= 4 is 5.91 Å². The summed E-state index contributed by atoms with van der Waals surface area (Å²) in [4.78, 5) is 12.1. The molecule has 0 radical (unpaired) electrons. The summed E-state index contributed by atoms with van der Waals surface area (Å²) in [6, 6.07) is 5.36. The Morgan fingerprint density at radius 3 is 2.69 bits per heavy atom. The Balaban J connectivity index is 1.62. The van der Waals surface area contributed by atoms with Crippen molar-refractivity contribution in [1.29, 1.82) is 0 Å². The van der Waals surface area contributed by atoms with Crippen LogP contribution >= 0.6 is 0 Å². The molecule has 1 N–H and O–H groups in total. The van der Waals surface area contributed by atoms with Gasteiger partial charge >= 0.3 is 0 Å². The van der Waals surface area contributed by atoms with Crippen molar-refractivity contribution in [1.82, 2.24) is 25.5 Å². The molecule has 0 saturated heterocycles. The highest BCUT2D eigenvalue weighted by Crippen LogP contribution is 2.14. The quantitative estimate of drug-likeness (QED) is 0.729. The Bertz CT molecular complexity index is 899. The lowest BCUT2D eigenvalue weighted by molar-refractivity contribution is 0.0942. The molecule has 26 heavy (non-hydrogen) atoms. The maximum absolute atomic E-state index is 13.7. The molecule has 1 aromatic carbocycles. The number of halogens is 2. The van der Waals surface area contributed by atoms with Gasteiger partial charge in [0.25, 0.3) is 5.91 Å². The average molecular weight is 361 g/mol. The number of hydrogen-bond donors (Lipinski definition) is 1. The topological polar surface area (TPSA) is 85.8 Å². The van der Waals surface area contributed by atoms with E-state index < -0.39 is 17.5 Å². The third-order valence-electron chi connectivity index (χ3n) is 3.74. The van der Waals surface area contributed by atoms with E-state index in [1.165, 1.54) is 16.9 Å². The molecule has 0 unspecified atom stereocenters. The van der Waals surface area contributed by atoms with E-state index in [2.05, 4.69) is 20.8 Å². The lowest BCUT2D eigenvalue weighted by Gasteiger charge is -2.03. The second-order valence-corrected chi connectivity index (χ2v) is 6.06. The van der Waals surface area contributed by atoms with Crippen LogP contribution in [0.3, 0.4) is 0 Å². The number of aromatic nitrogens is 4. The van der Waals surface area contributed by atoms with E-state index in [4.69, 9.17) is 4.52 Å². The van der Waals surface area contributed by atoms with Crippen LogP contribution < -0.4 is 5.32 Å².